The van der Waals surface area contributed by atoms with Crippen LogP contribution >= 0.6 is 23.2 Å². The molecule has 0 radical (unpaired) electrons. The van der Waals surface area contributed by atoms with Crippen molar-refractivity contribution < 1.29 is 9.53 Å². The van der Waals surface area contributed by atoms with E-state index in [-0.39, 0.29) is 5.91 Å². The second-order valence-corrected chi connectivity index (χ2v) is 7.21. The van der Waals surface area contributed by atoms with Crippen LogP contribution in [0, 0.1) is 6.92 Å². The molecule has 0 aliphatic heterocycles. The number of rotatable bonds is 8. The van der Waals surface area contributed by atoms with Crippen molar-refractivity contribution in [3.63, 3.8) is 0 Å². The molecule has 1 N–H and O–H groups in total. The monoisotopic (exact) mass is 417 g/mol. The van der Waals surface area contributed by atoms with Gasteiger partial charge in [0.15, 0.2) is 0 Å². The Morgan fingerprint density at radius 1 is 1.18 bits per heavy atom. The van der Waals surface area contributed by atoms with Gasteiger partial charge in [0.1, 0.15) is 12.4 Å². The van der Waals surface area contributed by atoms with Crippen LogP contribution < -0.4 is 10.1 Å². The number of nitrogens with one attached hydrogen (secondary N) is 1. The summed E-state index contributed by atoms with van der Waals surface area (Å²) in [7, 11) is 0. The Labute approximate surface area is 174 Å². The number of benzene rings is 2. The predicted molar refractivity (Wildman–Crippen MR) is 111 cm³/mol. The minimum atomic E-state index is -0.108. The van der Waals surface area contributed by atoms with Gasteiger partial charge in [-0.3, -0.25) is 9.48 Å². The highest BCUT2D eigenvalue weighted by Crippen LogP contribution is 2.28. The Bertz CT molecular complexity index is 956. The normalized spacial score (nSPS) is 10.7. The van der Waals surface area contributed by atoms with Gasteiger partial charge in [-0.2, -0.15) is 5.10 Å². The lowest BCUT2D eigenvalue weighted by Gasteiger charge is -2.10. The molecule has 0 bridgehead atoms. The van der Waals surface area contributed by atoms with Crippen LogP contribution in [0.25, 0.3) is 0 Å². The van der Waals surface area contributed by atoms with Crippen molar-refractivity contribution in [2.45, 2.75) is 26.5 Å². The van der Waals surface area contributed by atoms with E-state index < -0.39 is 0 Å². The maximum atomic E-state index is 12.4. The Morgan fingerprint density at radius 3 is 2.79 bits per heavy atom. The minimum absolute atomic E-state index is 0.108. The third-order valence-electron chi connectivity index (χ3n) is 4.24. The number of hydrogen-bond donors (Lipinski definition) is 1. The number of halogens is 2. The Balaban J connectivity index is 1.50. The number of aromatic nitrogens is 2. The van der Waals surface area contributed by atoms with E-state index in [1.54, 1.807) is 30.5 Å². The molecule has 1 aromatic heterocycles. The van der Waals surface area contributed by atoms with Crippen molar-refractivity contribution in [3.05, 3.63) is 81.6 Å². The van der Waals surface area contributed by atoms with Crippen molar-refractivity contribution in [1.29, 1.82) is 0 Å². The molecule has 0 unspecified atom stereocenters. The smallest absolute Gasteiger partial charge is 0.251 e. The summed E-state index contributed by atoms with van der Waals surface area (Å²) in [5.41, 5.74) is 2.59. The van der Waals surface area contributed by atoms with Gasteiger partial charge >= 0.3 is 0 Å². The molecule has 7 heteroatoms. The summed E-state index contributed by atoms with van der Waals surface area (Å²) >= 11 is 12.0. The zero-order valence-electron chi connectivity index (χ0n) is 15.5. The van der Waals surface area contributed by atoms with Crippen LogP contribution in [0.5, 0.6) is 5.75 Å². The molecule has 0 spiro atoms. The van der Waals surface area contributed by atoms with Crippen LogP contribution in [0.1, 0.15) is 28.0 Å². The molecule has 2 aromatic carbocycles. The van der Waals surface area contributed by atoms with Gasteiger partial charge in [0, 0.05) is 35.6 Å². The van der Waals surface area contributed by atoms with E-state index in [1.807, 2.05) is 35.9 Å². The minimum Gasteiger partial charge on any atom is -0.487 e. The zero-order chi connectivity index (χ0) is 19.9. The zero-order valence-corrected chi connectivity index (χ0v) is 17.0. The molecule has 5 nitrogen and oxygen atoms in total. The topological polar surface area (TPSA) is 56.2 Å². The quantitative estimate of drug-likeness (QED) is 0.530. The van der Waals surface area contributed by atoms with Gasteiger partial charge in [-0.25, -0.2) is 0 Å². The summed E-state index contributed by atoms with van der Waals surface area (Å²) < 4.78 is 7.65. The maximum Gasteiger partial charge on any atom is 0.251 e. The number of carbonyl (C=O) groups is 1. The lowest BCUT2D eigenvalue weighted by atomic mass is 10.1. The molecular weight excluding hydrogens is 397 g/mol. The highest BCUT2D eigenvalue weighted by molar-refractivity contribution is 6.35. The number of hydrogen-bond acceptors (Lipinski definition) is 3. The van der Waals surface area contributed by atoms with E-state index >= 15 is 0 Å². The van der Waals surface area contributed by atoms with E-state index in [1.165, 1.54) is 0 Å². The molecule has 28 heavy (non-hydrogen) atoms. The highest BCUT2D eigenvalue weighted by Gasteiger charge is 2.08. The molecule has 3 rings (SSSR count). The van der Waals surface area contributed by atoms with Gasteiger partial charge in [0.2, 0.25) is 0 Å². The Hall–Kier alpha value is -2.50. The first-order chi connectivity index (χ1) is 13.5. The van der Waals surface area contributed by atoms with Gasteiger partial charge in [-0.05, 0) is 55.3 Å². The molecule has 3 aromatic rings. The fraction of sp³-hybridized carbons (Fsp3) is 0.238. The van der Waals surface area contributed by atoms with Crippen molar-refractivity contribution in [1.82, 2.24) is 15.1 Å². The summed E-state index contributed by atoms with van der Waals surface area (Å²) in [5, 5.41) is 8.18. The fourth-order valence-corrected chi connectivity index (χ4v) is 3.18. The molecule has 0 aliphatic carbocycles. The van der Waals surface area contributed by atoms with Crippen LogP contribution in [-0.2, 0) is 13.2 Å². The lowest BCUT2D eigenvalue weighted by Crippen LogP contribution is -2.25. The molecular formula is C21H21Cl2N3O2. The van der Waals surface area contributed by atoms with Gasteiger partial charge in [0.05, 0.1) is 5.02 Å². The average Bonchev–Trinajstić information content (AvgIpc) is 3.09. The van der Waals surface area contributed by atoms with E-state index in [0.29, 0.717) is 34.5 Å². The van der Waals surface area contributed by atoms with E-state index in [2.05, 4.69) is 10.4 Å². The van der Waals surface area contributed by atoms with Crippen molar-refractivity contribution in [2.75, 3.05) is 6.54 Å². The van der Waals surface area contributed by atoms with Crippen LogP contribution in [0.2, 0.25) is 10.0 Å². The van der Waals surface area contributed by atoms with Crippen LogP contribution in [0.4, 0.5) is 0 Å². The number of amides is 1. The van der Waals surface area contributed by atoms with E-state index in [9.17, 15) is 4.79 Å². The van der Waals surface area contributed by atoms with Gasteiger partial charge in [0.25, 0.3) is 5.91 Å². The van der Waals surface area contributed by atoms with E-state index in [0.717, 1.165) is 24.2 Å². The SMILES string of the molecule is Cc1ccnn1CCCNC(=O)c1cccc(COc2ccc(Cl)cc2Cl)c1. The summed E-state index contributed by atoms with van der Waals surface area (Å²) in [5.74, 6) is 0.443. The molecule has 1 heterocycles. The number of aryl methyl sites for hydroxylation is 2. The number of carbonyl (C=O) groups excluding carboxylic acids is 1. The van der Waals surface area contributed by atoms with Crippen LogP contribution in [0.3, 0.4) is 0 Å². The highest BCUT2D eigenvalue weighted by atomic mass is 35.5. The van der Waals surface area contributed by atoms with Crippen LogP contribution in [-0.4, -0.2) is 22.2 Å². The molecule has 0 aliphatic rings. The number of nitrogens with zero attached hydrogens (tertiary/aromatic N) is 2. The first kappa shape index (κ1) is 20.2. The Morgan fingerprint density at radius 2 is 2.04 bits per heavy atom. The third-order valence-corrected chi connectivity index (χ3v) is 4.77. The van der Waals surface area contributed by atoms with Crippen molar-refractivity contribution in [2.24, 2.45) is 0 Å². The predicted octanol–water partition coefficient (Wildman–Crippen LogP) is 4.90. The van der Waals surface area contributed by atoms with Crippen molar-refractivity contribution >= 4 is 29.1 Å². The molecule has 0 fully saturated rings. The lowest BCUT2D eigenvalue weighted by molar-refractivity contribution is 0.0952. The summed E-state index contributed by atoms with van der Waals surface area (Å²) in [6, 6.07) is 14.4. The summed E-state index contributed by atoms with van der Waals surface area (Å²) in [6.07, 6.45) is 2.59. The van der Waals surface area contributed by atoms with Gasteiger partial charge in [-0.15, -0.1) is 0 Å². The maximum absolute atomic E-state index is 12.4. The third kappa shape index (κ3) is 5.50. The second kappa shape index (κ2) is 9.62. The van der Waals surface area contributed by atoms with E-state index in [4.69, 9.17) is 27.9 Å². The fourth-order valence-electron chi connectivity index (χ4n) is 2.72. The summed E-state index contributed by atoms with van der Waals surface area (Å²) in [6.45, 7) is 3.67. The standard InChI is InChI=1S/C21H21Cl2N3O2/c1-15-8-10-25-26(15)11-3-9-24-21(27)17-5-2-4-16(12-17)14-28-20-7-6-18(22)13-19(20)23/h2,4-8,10,12-13H,3,9,11,14H2,1H3,(H,24,27). The van der Waals surface area contributed by atoms with Gasteiger partial charge in [-0.1, -0.05) is 35.3 Å². The molecule has 146 valence electrons. The van der Waals surface area contributed by atoms with Gasteiger partial charge < -0.3 is 10.1 Å². The van der Waals surface area contributed by atoms with Crippen molar-refractivity contribution in [3.8, 4) is 5.75 Å². The first-order valence-electron chi connectivity index (χ1n) is 8.96. The first-order valence-corrected chi connectivity index (χ1v) is 9.72. The number of ether oxygens (including phenoxy) is 1. The molecule has 0 saturated carbocycles. The largest absolute Gasteiger partial charge is 0.487 e. The van der Waals surface area contributed by atoms with Crippen LogP contribution in [0.15, 0.2) is 54.7 Å². The average molecular weight is 418 g/mol. The summed E-state index contributed by atoms with van der Waals surface area (Å²) in [4.78, 5) is 12.4. The molecule has 0 saturated heterocycles. The second-order valence-electron chi connectivity index (χ2n) is 6.37. The Kier molecular flexibility index (Phi) is 6.95. The molecule has 1 amide bonds. The molecule has 0 atom stereocenters.